The number of carbonyl (C=O) groups excluding carboxylic acids is 2. The predicted octanol–water partition coefficient (Wildman–Crippen LogP) is 5.30. The second-order valence-corrected chi connectivity index (χ2v) is 12.9. The van der Waals surface area contributed by atoms with E-state index in [1.807, 2.05) is 50.2 Å². The number of amides is 2. The van der Waals surface area contributed by atoms with Crippen molar-refractivity contribution in [1.29, 1.82) is 0 Å². The van der Waals surface area contributed by atoms with Gasteiger partial charge in [0.15, 0.2) is 5.06 Å². The molecule has 8 nitrogen and oxygen atoms in total. The summed E-state index contributed by atoms with van der Waals surface area (Å²) in [5.74, 6) is 0.939. The summed E-state index contributed by atoms with van der Waals surface area (Å²) in [4.78, 5) is 28.3. The molecule has 214 valence electrons. The fourth-order valence-corrected chi connectivity index (χ4v) is 6.71. The summed E-state index contributed by atoms with van der Waals surface area (Å²) in [6.07, 6.45) is 2.03. The highest BCUT2D eigenvalue weighted by atomic mass is 79.9. The monoisotopic (exact) mass is 628 g/mol. The van der Waals surface area contributed by atoms with Crippen LogP contribution in [0.5, 0.6) is 10.8 Å². The third kappa shape index (κ3) is 7.75. The van der Waals surface area contributed by atoms with Crippen LogP contribution in [0.15, 0.2) is 53.0 Å². The molecular weight excluding hydrogens is 592 g/mol. The maximum atomic E-state index is 13.2. The van der Waals surface area contributed by atoms with Gasteiger partial charge in [0.05, 0.1) is 4.47 Å². The first-order chi connectivity index (χ1) is 19.3. The van der Waals surface area contributed by atoms with Gasteiger partial charge in [-0.2, -0.15) is 0 Å². The minimum atomic E-state index is -0.658. The first kappa shape index (κ1) is 28.9. The van der Waals surface area contributed by atoms with Crippen molar-refractivity contribution in [2.45, 2.75) is 57.8 Å². The molecule has 2 amide bonds. The number of nitrogens with one attached hydrogen (secondary N) is 3. The van der Waals surface area contributed by atoms with Crippen LogP contribution in [0.25, 0.3) is 10.1 Å². The summed E-state index contributed by atoms with van der Waals surface area (Å²) in [6.45, 7) is 8.41. The molecule has 2 aromatic carbocycles. The lowest BCUT2D eigenvalue weighted by atomic mass is 10.0. The fourth-order valence-electron chi connectivity index (χ4n) is 5.27. The average molecular weight is 630 g/mol. The van der Waals surface area contributed by atoms with Gasteiger partial charge in [-0.1, -0.05) is 49.4 Å². The van der Waals surface area contributed by atoms with Crippen LogP contribution in [-0.2, 0) is 11.3 Å². The van der Waals surface area contributed by atoms with Crippen molar-refractivity contribution in [2.75, 3.05) is 26.2 Å². The maximum absolute atomic E-state index is 13.2. The van der Waals surface area contributed by atoms with Crippen LogP contribution in [0.1, 0.15) is 38.7 Å². The van der Waals surface area contributed by atoms with Crippen LogP contribution in [0, 0.1) is 5.92 Å². The normalized spacial score (nSPS) is 20.1. The van der Waals surface area contributed by atoms with E-state index < -0.39 is 12.1 Å². The summed E-state index contributed by atoms with van der Waals surface area (Å²) in [5.41, 5.74) is 1.19. The topological polar surface area (TPSA) is 91.9 Å². The summed E-state index contributed by atoms with van der Waals surface area (Å²) in [7, 11) is 0. The largest absolute Gasteiger partial charge is 0.488 e. The molecule has 5 rings (SSSR count). The fraction of sp³-hybridized carbons (Fsp3) is 0.467. The van der Waals surface area contributed by atoms with Gasteiger partial charge in [0.25, 0.3) is 0 Å². The van der Waals surface area contributed by atoms with Crippen LogP contribution < -0.4 is 25.4 Å². The number of benzene rings is 2. The minimum Gasteiger partial charge on any atom is -0.488 e. The van der Waals surface area contributed by atoms with Gasteiger partial charge >= 0.3 is 6.09 Å². The van der Waals surface area contributed by atoms with E-state index in [0.717, 1.165) is 65.9 Å². The van der Waals surface area contributed by atoms with E-state index in [2.05, 4.69) is 48.9 Å². The van der Waals surface area contributed by atoms with Crippen molar-refractivity contribution in [1.82, 2.24) is 20.9 Å². The lowest BCUT2D eigenvalue weighted by Crippen LogP contribution is -2.51. The minimum absolute atomic E-state index is 0.0310. The molecule has 40 heavy (non-hydrogen) atoms. The molecule has 0 spiro atoms. The molecule has 3 heterocycles. The molecule has 3 atom stereocenters. The van der Waals surface area contributed by atoms with Gasteiger partial charge in [-0.3, -0.25) is 9.69 Å². The molecule has 0 aliphatic carbocycles. The Morgan fingerprint density at radius 1 is 1.18 bits per heavy atom. The average Bonchev–Trinajstić information content (AvgIpc) is 3.66. The van der Waals surface area contributed by atoms with Crippen molar-refractivity contribution in [3.63, 3.8) is 0 Å². The molecule has 3 aromatic rings. The number of nitrogens with zero attached hydrogens (tertiary/aromatic N) is 1. The van der Waals surface area contributed by atoms with Crippen molar-refractivity contribution in [3.05, 3.63) is 58.6 Å². The number of carbonyl (C=O) groups is 2. The number of ether oxygens (including phenoxy) is 2. The number of likely N-dealkylation sites (tertiary alicyclic amines) is 1. The van der Waals surface area contributed by atoms with Gasteiger partial charge < -0.3 is 25.4 Å². The maximum Gasteiger partial charge on any atom is 0.414 e. The quantitative estimate of drug-likeness (QED) is 0.282. The zero-order chi connectivity index (χ0) is 28.1. The summed E-state index contributed by atoms with van der Waals surface area (Å²) in [5, 5.41) is 10.8. The molecular formula is C30H37BrN4O4S. The molecule has 2 fully saturated rings. The lowest BCUT2D eigenvalue weighted by molar-refractivity contribution is -0.124. The number of fused-ring (bicyclic) bond motifs is 1. The van der Waals surface area contributed by atoms with Gasteiger partial charge in [-0.05, 0) is 76.8 Å². The van der Waals surface area contributed by atoms with E-state index >= 15 is 0 Å². The zero-order valence-corrected chi connectivity index (χ0v) is 25.4. The Balaban J connectivity index is 1.12. The van der Waals surface area contributed by atoms with Crippen LogP contribution in [-0.4, -0.2) is 61.3 Å². The van der Waals surface area contributed by atoms with Crippen molar-refractivity contribution < 1.29 is 19.1 Å². The predicted molar refractivity (Wildman–Crippen MR) is 162 cm³/mol. The molecule has 1 aromatic heterocycles. The first-order valence-electron chi connectivity index (χ1n) is 14.0. The second kappa shape index (κ2) is 13.3. The highest BCUT2D eigenvalue weighted by Crippen LogP contribution is 2.31. The number of thiophene rings is 1. The van der Waals surface area contributed by atoms with Gasteiger partial charge in [-0.25, -0.2) is 4.79 Å². The third-order valence-electron chi connectivity index (χ3n) is 7.24. The van der Waals surface area contributed by atoms with Crippen molar-refractivity contribution in [2.24, 2.45) is 5.92 Å². The van der Waals surface area contributed by atoms with Crippen LogP contribution in [0.3, 0.4) is 0 Å². The van der Waals surface area contributed by atoms with Gasteiger partial charge in [0, 0.05) is 43.0 Å². The van der Waals surface area contributed by atoms with Crippen LogP contribution >= 0.6 is 27.3 Å². The summed E-state index contributed by atoms with van der Waals surface area (Å²) >= 11 is 5.08. The molecule has 0 bridgehead atoms. The number of rotatable bonds is 10. The molecule has 3 N–H and O–H groups in total. The zero-order valence-electron chi connectivity index (χ0n) is 23.0. The Morgan fingerprint density at radius 2 is 2.02 bits per heavy atom. The van der Waals surface area contributed by atoms with Gasteiger partial charge in [-0.15, -0.1) is 0 Å². The molecule has 0 unspecified atom stereocenters. The van der Waals surface area contributed by atoms with Crippen molar-refractivity contribution >= 4 is 49.4 Å². The summed E-state index contributed by atoms with van der Waals surface area (Å²) in [6, 6.07) is 15.4. The van der Waals surface area contributed by atoms with E-state index in [9.17, 15) is 9.59 Å². The van der Waals surface area contributed by atoms with Crippen molar-refractivity contribution in [3.8, 4) is 10.8 Å². The smallest absolute Gasteiger partial charge is 0.414 e. The highest BCUT2D eigenvalue weighted by molar-refractivity contribution is 9.10. The standard InChI is InChI=1S/C30H37BrN4O4S/c1-19(2)13-25(34-30(37)39-28-15-21-5-3-4-6-27(21)40-28)29(36)33-22-10-12-35(18-22)17-20-7-8-26(24(31)14-20)38-23-9-11-32-16-23/h3-8,14-15,19,22-23,25,32H,9-13,16-18H2,1-2H3,(H,33,36)(H,34,37)/t22-,23+,25-/m0/s1. The Labute approximate surface area is 247 Å². The van der Waals surface area contributed by atoms with E-state index in [-0.39, 0.29) is 24.0 Å². The van der Waals surface area contributed by atoms with Crippen LogP contribution in [0.2, 0.25) is 0 Å². The van der Waals surface area contributed by atoms with E-state index in [1.165, 1.54) is 16.9 Å². The third-order valence-corrected chi connectivity index (χ3v) is 8.86. The molecule has 2 aliphatic rings. The number of hydrogen-bond acceptors (Lipinski definition) is 7. The van der Waals surface area contributed by atoms with Gasteiger partial charge in [0.1, 0.15) is 17.9 Å². The first-order valence-corrected chi connectivity index (χ1v) is 15.6. The van der Waals surface area contributed by atoms with E-state index in [1.54, 1.807) is 0 Å². The van der Waals surface area contributed by atoms with Crippen LogP contribution in [0.4, 0.5) is 4.79 Å². The molecule has 2 saturated heterocycles. The Hall–Kier alpha value is -2.66. The lowest BCUT2D eigenvalue weighted by Gasteiger charge is -2.22. The Kier molecular flexibility index (Phi) is 9.62. The second-order valence-electron chi connectivity index (χ2n) is 11.0. The summed E-state index contributed by atoms with van der Waals surface area (Å²) < 4.78 is 13.7. The number of hydrogen-bond donors (Lipinski definition) is 3. The Bertz CT molecular complexity index is 1290. The highest BCUT2D eigenvalue weighted by Gasteiger charge is 2.29. The Morgan fingerprint density at radius 3 is 2.77 bits per heavy atom. The van der Waals surface area contributed by atoms with E-state index in [4.69, 9.17) is 9.47 Å². The van der Waals surface area contributed by atoms with Gasteiger partial charge in [0.2, 0.25) is 5.91 Å². The SMILES string of the molecule is CC(C)C[C@H](NC(=O)Oc1cc2ccccc2s1)C(=O)N[C@H]1CCN(Cc2ccc(O[C@@H]3CCNC3)c(Br)c2)C1. The molecule has 0 radical (unpaired) electrons. The molecule has 0 saturated carbocycles. The number of halogens is 1. The molecule has 2 aliphatic heterocycles. The molecule has 10 heteroatoms. The van der Waals surface area contributed by atoms with E-state index in [0.29, 0.717) is 11.5 Å².